The molecule has 0 atom stereocenters. The van der Waals surface area contributed by atoms with Crippen molar-refractivity contribution in [1.82, 2.24) is 0 Å². The van der Waals surface area contributed by atoms with Crippen molar-refractivity contribution in [3.63, 3.8) is 0 Å². The summed E-state index contributed by atoms with van der Waals surface area (Å²) in [6, 6.07) is 3.74. The second-order valence-electron chi connectivity index (χ2n) is 7.55. The minimum absolute atomic E-state index is 0.374. The predicted octanol–water partition coefficient (Wildman–Crippen LogP) is 7.09. The van der Waals surface area contributed by atoms with E-state index in [2.05, 4.69) is 19.6 Å². The van der Waals surface area contributed by atoms with Crippen LogP contribution in [0.3, 0.4) is 0 Å². The van der Waals surface area contributed by atoms with Gasteiger partial charge in [-0.3, -0.25) is 0 Å². The molecule has 0 amide bonds. The molecule has 1 aliphatic rings. The number of methoxy groups -OCH3 is 1. The maximum Gasteiger partial charge on any atom is 0.125 e. The van der Waals surface area contributed by atoms with Gasteiger partial charge in [-0.2, -0.15) is 0 Å². The molecule has 3 heteroatoms. The van der Waals surface area contributed by atoms with Gasteiger partial charge in [0.25, 0.3) is 0 Å². The monoisotopic (exact) mass is 379 g/mol. The zero-order valence-corrected chi connectivity index (χ0v) is 18.7. The van der Waals surface area contributed by atoms with E-state index in [0.29, 0.717) is 11.7 Å². The molecule has 3 nitrogen and oxygen atoms in total. The molecule has 0 radical (unpaired) electrons. The highest BCUT2D eigenvalue weighted by Gasteiger charge is 2.19. The first-order chi connectivity index (χ1) is 13.1. The first-order valence-electron chi connectivity index (χ1n) is 11.1. The summed E-state index contributed by atoms with van der Waals surface area (Å²) >= 11 is 0. The van der Waals surface area contributed by atoms with Crippen molar-refractivity contribution < 1.29 is 9.84 Å². The summed E-state index contributed by atoms with van der Waals surface area (Å²) in [5.41, 5.74) is 6.76. The molecular weight excluding hydrogens is 334 g/mol. The lowest BCUT2D eigenvalue weighted by Gasteiger charge is -2.22. The molecule has 0 spiro atoms. The molecule has 1 fully saturated rings. The van der Waals surface area contributed by atoms with Gasteiger partial charge in [0, 0.05) is 5.56 Å². The number of nitrogens with two attached hydrogens (primary N) is 1. The summed E-state index contributed by atoms with van der Waals surface area (Å²) in [6.45, 7) is 6.28. The van der Waals surface area contributed by atoms with Gasteiger partial charge in [0.05, 0.1) is 7.11 Å². The predicted molar refractivity (Wildman–Crippen MR) is 119 cm³/mol. The van der Waals surface area contributed by atoms with Crippen LogP contribution in [0.4, 0.5) is 0 Å². The van der Waals surface area contributed by atoms with Crippen LogP contribution in [0.2, 0.25) is 0 Å². The Hall–Kier alpha value is -1.22. The van der Waals surface area contributed by atoms with Crippen LogP contribution in [-0.4, -0.2) is 19.3 Å². The third kappa shape index (κ3) is 10.6. The summed E-state index contributed by atoms with van der Waals surface area (Å²) in [4.78, 5) is 0. The van der Waals surface area contributed by atoms with Crippen LogP contribution in [0.25, 0.3) is 0 Å². The SMILES string of the molecule is CCC.CN.COc1c(C)cc(O)cc1C1CCCCCCCCCCC1. The van der Waals surface area contributed by atoms with Crippen LogP contribution in [0.15, 0.2) is 12.1 Å². The number of phenols is 1. The summed E-state index contributed by atoms with van der Waals surface area (Å²) in [7, 11) is 3.25. The lowest BCUT2D eigenvalue weighted by Crippen LogP contribution is -2.04. The summed E-state index contributed by atoms with van der Waals surface area (Å²) in [5.74, 6) is 1.88. The molecular formula is C24H45NO2. The van der Waals surface area contributed by atoms with Gasteiger partial charge in [-0.1, -0.05) is 78.1 Å². The van der Waals surface area contributed by atoms with Gasteiger partial charge < -0.3 is 15.6 Å². The second-order valence-corrected chi connectivity index (χ2v) is 7.55. The van der Waals surface area contributed by atoms with E-state index in [-0.39, 0.29) is 0 Å². The number of benzene rings is 1. The molecule has 2 rings (SSSR count). The summed E-state index contributed by atoms with van der Waals surface area (Å²) in [6.07, 6.45) is 15.9. The Morgan fingerprint density at radius 1 is 0.889 bits per heavy atom. The van der Waals surface area contributed by atoms with Crippen molar-refractivity contribution in [2.45, 2.75) is 104 Å². The van der Waals surface area contributed by atoms with Crippen LogP contribution in [0.5, 0.6) is 11.5 Å². The quantitative estimate of drug-likeness (QED) is 0.576. The smallest absolute Gasteiger partial charge is 0.125 e. The number of phenolic OH excluding ortho intramolecular Hbond substituents is 1. The Morgan fingerprint density at radius 2 is 1.30 bits per heavy atom. The van der Waals surface area contributed by atoms with Crippen molar-refractivity contribution in [2.24, 2.45) is 5.73 Å². The molecule has 0 unspecified atom stereocenters. The zero-order valence-electron chi connectivity index (χ0n) is 18.7. The molecule has 1 saturated carbocycles. The standard InChI is InChI=1S/C20H32O2.C3H8.CH5N/c1-16-14-18(21)15-19(20(16)22-2)17-12-10-8-6-4-3-5-7-9-11-13-17;1-3-2;1-2/h14-15,17,21H,3-13H2,1-2H3;3H2,1-2H3;2H2,1H3. The van der Waals surface area contributed by atoms with Crippen LogP contribution in [0, 0.1) is 6.92 Å². The third-order valence-corrected chi connectivity index (χ3v) is 5.04. The zero-order chi connectivity index (χ0) is 20.5. The van der Waals surface area contributed by atoms with Crippen LogP contribution < -0.4 is 10.5 Å². The number of aromatic hydroxyl groups is 1. The van der Waals surface area contributed by atoms with Crippen molar-refractivity contribution in [3.05, 3.63) is 23.3 Å². The average molecular weight is 380 g/mol. The number of hydrogen-bond donors (Lipinski definition) is 2. The highest BCUT2D eigenvalue weighted by Crippen LogP contribution is 2.39. The minimum Gasteiger partial charge on any atom is -0.508 e. The largest absolute Gasteiger partial charge is 0.508 e. The van der Waals surface area contributed by atoms with Crippen LogP contribution >= 0.6 is 0 Å². The van der Waals surface area contributed by atoms with Crippen molar-refractivity contribution in [2.75, 3.05) is 14.2 Å². The number of ether oxygens (including phenoxy) is 1. The number of aryl methyl sites for hydroxylation is 1. The highest BCUT2D eigenvalue weighted by molar-refractivity contribution is 5.48. The molecule has 0 saturated heterocycles. The van der Waals surface area contributed by atoms with Gasteiger partial charge in [-0.15, -0.1) is 0 Å². The Balaban J connectivity index is 0.00000123. The van der Waals surface area contributed by atoms with Crippen molar-refractivity contribution in [1.29, 1.82) is 0 Å². The van der Waals surface area contributed by atoms with Crippen LogP contribution in [0.1, 0.15) is 108 Å². The molecule has 1 aromatic carbocycles. The highest BCUT2D eigenvalue weighted by atomic mass is 16.5. The molecule has 158 valence electrons. The fraction of sp³-hybridized carbons (Fsp3) is 0.750. The van der Waals surface area contributed by atoms with Gasteiger partial charge in [0.15, 0.2) is 0 Å². The van der Waals surface area contributed by atoms with Crippen LogP contribution in [-0.2, 0) is 0 Å². The minimum atomic E-state index is 0.374. The molecule has 0 aliphatic heterocycles. The fourth-order valence-electron chi connectivity index (χ4n) is 3.84. The first-order valence-corrected chi connectivity index (χ1v) is 11.1. The van der Waals surface area contributed by atoms with Gasteiger partial charge in [-0.05, 0) is 50.4 Å². The average Bonchev–Trinajstić information content (AvgIpc) is 2.64. The van der Waals surface area contributed by atoms with E-state index >= 15 is 0 Å². The molecule has 3 N–H and O–H groups in total. The lowest BCUT2D eigenvalue weighted by atomic mass is 9.86. The summed E-state index contributed by atoms with van der Waals surface area (Å²) in [5, 5.41) is 10.00. The van der Waals surface area contributed by atoms with Gasteiger partial charge in [-0.25, -0.2) is 0 Å². The summed E-state index contributed by atoms with van der Waals surface area (Å²) < 4.78 is 5.65. The Kier molecular flexibility index (Phi) is 16.2. The molecule has 1 aromatic rings. The van der Waals surface area contributed by atoms with E-state index in [9.17, 15) is 5.11 Å². The van der Waals surface area contributed by atoms with Gasteiger partial charge in [0.1, 0.15) is 11.5 Å². The molecule has 0 aromatic heterocycles. The van der Waals surface area contributed by atoms with Gasteiger partial charge >= 0.3 is 0 Å². The Labute approximate surface area is 168 Å². The Bertz CT molecular complexity index is 462. The topological polar surface area (TPSA) is 55.5 Å². The second kappa shape index (κ2) is 16.9. The maximum absolute atomic E-state index is 10.00. The third-order valence-electron chi connectivity index (χ3n) is 5.04. The maximum atomic E-state index is 10.00. The normalized spacial score (nSPS) is 16.5. The van der Waals surface area contributed by atoms with E-state index in [1.54, 1.807) is 13.2 Å². The van der Waals surface area contributed by atoms with E-state index in [4.69, 9.17) is 4.74 Å². The molecule has 27 heavy (non-hydrogen) atoms. The van der Waals surface area contributed by atoms with E-state index < -0.39 is 0 Å². The van der Waals surface area contributed by atoms with Crippen molar-refractivity contribution in [3.8, 4) is 11.5 Å². The van der Waals surface area contributed by atoms with Crippen molar-refractivity contribution >= 4 is 0 Å². The van der Waals surface area contributed by atoms with E-state index in [0.717, 1.165) is 11.3 Å². The van der Waals surface area contributed by atoms with Gasteiger partial charge in [0.2, 0.25) is 0 Å². The Morgan fingerprint density at radius 3 is 1.70 bits per heavy atom. The molecule has 1 aliphatic carbocycles. The fourth-order valence-corrected chi connectivity index (χ4v) is 3.84. The lowest BCUT2D eigenvalue weighted by molar-refractivity contribution is 0.389. The van der Waals surface area contributed by atoms with E-state index in [1.807, 2.05) is 13.0 Å². The number of rotatable bonds is 2. The molecule has 0 bridgehead atoms. The molecule has 0 heterocycles. The first kappa shape index (κ1) is 25.8. The van der Waals surface area contributed by atoms with E-state index in [1.165, 1.54) is 89.7 Å². The number of hydrogen-bond acceptors (Lipinski definition) is 3.